The first-order chi connectivity index (χ1) is 15.9. The lowest BCUT2D eigenvalue weighted by atomic mass is 10.0. The van der Waals surface area contributed by atoms with E-state index in [0.717, 1.165) is 24.9 Å². The number of benzene rings is 3. The van der Waals surface area contributed by atoms with Crippen LogP contribution in [0, 0.1) is 0 Å². The summed E-state index contributed by atoms with van der Waals surface area (Å²) in [6, 6.07) is 20.8. The van der Waals surface area contributed by atoms with Crippen molar-refractivity contribution in [3.05, 3.63) is 89.7 Å². The lowest BCUT2D eigenvalue weighted by Crippen LogP contribution is -2.11. The molecule has 0 saturated carbocycles. The molecule has 4 aromatic rings. The van der Waals surface area contributed by atoms with E-state index in [2.05, 4.69) is 11.9 Å². The van der Waals surface area contributed by atoms with Crippen LogP contribution in [0.1, 0.15) is 41.5 Å². The Balaban J connectivity index is 1.55. The second kappa shape index (κ2) is 9.56. The summed E-state index contributed by atoms with van der Waals surface area (Å²) >= 11 is 0. The van der Waals surface area contributed by atoms with Crippen LogP contribution in [0.4, 0.5) is 0 Å². The van der Waals surface area contributed by atoms with Gasteiger partial charge in [-0.1, -0.05) is 43.7 Å². The predicted octanol–water partition coefficient (Wildman–Crippen LogP) is 4.29. The minimum Gasteiger partial charge on any atom is -0.486 e. The van der Waals surface area contributed by atoms with E-state index in [-0.39, 0.29) is 17.3 Å². The van der Waals surface area contributed by atoms with E-state index >= 15 is 0 Å². The van der Waals surface area contributed by atoms with Crippen molar-refractivity contribution in [2.45, 2.75) is 37.8 Å². The van der Waals surface area contributed by atoms with E-state index < -0.39 is 10.0 Å². The van der Waals surface area contributed by atoms with Crippen molar-refractivity contribution in [2.24, 2.45) is 5.14 Å². The molecule has 33 heavy (non-hydrogen) atoms. The maximum Gasteiger partial charge on any atom is 0.238 e. The molecule has 8 heteroatoms. The molecular formula is C25H25N3O4S. The molecule has 1 heterocycles. The van der Waals surface area contributed by atoms with Crippen molar-refractivity contribution in [3.63, 3.8) is 0 Å². The molecule has 2 N–H and O–H groups in total. The highest BCUT2D eigenvalue weighted by molar-refractivity contribution is 7.89. The number of ether oxygens (including phenoxy) is 1. The number of rotatable bonds is 9. The summed E-state index contributed by atoms with van der Waals surface area (Å²) in [5.41, 5.74) is 2.60. The molecule has 3 aromatic carbocycles. The van der Waals surface area contributed by atoms with Crippen molar-refractivity contribution < 1.29 is 17.9 Å². The summed E-state index contributed by atoms with van der Waals surface area (Å²) in [6.45, 7) is 3.05. The van der Waals surface area contributed by atoms with E-state index in [1.807, 2.05) is 22.8 Å². The SMILES string of the molecule is CCCCn1c(COc2ccc(C(=O)c3ccccc3)cc2)nc2cc(S(N)(=O)=O)ccc21. The predicted molar refractivity (Wildman–Crippen MR) is 127 cm³/mol. The van der Waals surface area contributed by atoms with Crippen LogP contribution in [-0.4, -0.2) is 23.8 Å². The Morgan fingerprint density at radius 3 is 2.36 bits per heavy atom. The van der Waals surface area contributed by atoms with Gasteiger partial charge < -0.3 is 9.30 Å². The third-order valence-electron chi connectivity index (χ3n) is 5.38. The van der Waals surface area contributed by atoms with Gasteiger partial charge in [0, 0.05) is 17.7 Å². The number of ketones is 1. The van der Waals surface area contributed by atoms with Gasteiger partial charge in [0.05, 0.1) is 15.9 Å². The topological polar surface area (TPSA) is 104 Å². The summed E-state index contributed by atoms with van der Waals surface area (Å²) in [4.78, 5) is 17.2. The number of sulfonamides is 1. The van der Waals surface area contributed by atoms with Crippen molar-refractivity contribution in [3.8, 4) is 5.75 Å². The number of unbranched alkanes of at least 4 members (excludes halogenated alkanes) is 1. The monoisotopic (exact) mass is 463 g/mol. The molecule has 4 rings (SSSR count). The minimum absolute atomic E-state index is 0.0290. The number of fused-ring (bicyclic) bond motifs is 1. The number of carbonyl (C=O) groups is 1. The normalized spacial score (nSPS) is 11.6. The van der Waals surface area contributed by atoms with Crippen molar-refractivity contribution >= 4 is 26.8 Å². The molecule has 7 nitrogen and oxygen atoms in total. The molecule has 1 aromatic heterocycles. The summed E-state index contributed by atoms with van der Waals surface area (Å²) in [6.07, 6.45) is 1.96. The zero-order valence-corrected chi connectivity index (χ0v) is 19.1. The number of nitrogens with zero attached hydrogens (tertiary/aromatic N) is 2. The van der Waals surface area contributed by atoms with Crippen LogP contribution < -0.4 is 9.88 Å². The van der Waals surface area contributed by atoms with Crippen LogP contribution >= 0.6 is 0 Å². The number of carbonyl (C=O) groups excluding carboxylic acids is 1. The third-order valence-corrected chi connectivity index (χ3v) is 6.29. The van der Waals surface area contributed by atoms with Crippen molar-refractivity contribution in [1.29, 1.82) is 0 Å². The smallest absolute Gasteiger partial charge is 0.238 e. The van der Waals surface area contributed by atoms with Gasteiger partial charge in [0.25, 0.3) is 0 Å². The Hall–Kier alpha value is -3.49. The van der Waals surface area contributed by atoms with E-state index in [1.54, 1.807) is 42.5 Å². The molecule has 0 aliphatic heterocycles. The standard InChI is InChI=1S/C25H25N3O4S/c1-2-3-15-28-23-14-13-21(33(26,30)31)16-22(23)27-24(28)17-32-20-11-9-19(10-12-20)25(29)18-7-5-4-6-8-18/h4-14,16H,2-3,15,17H2,1H3,(H2,26,30,31). The van der Waals surface area contributed by atoms with Gasteiger partial charge in [0.15, 0.2) is 5.78 Å². The Labute approximate surface area is 192 Å². The van der Waals surface area contributed by atoms with Crippen LogP contribution in [-0.2, 0) is 23.2 Å². The van der Waals surface area contributed by atoms with Crippen LogP contribution in [0.2, 0.25) is 0 Å². The Bertz CT molecular complexity index is 1380. The number of aryl methyl sites for hydroxylation is 1. The molecule has 0 atom stereocenters. The summed E-state index contributed by atoms with van der Waals surface area (Å²) in [5.74, 6) is 1.25. The molecule has 0 radical (unpaired) electrons. The highest BCUT2D eigenvalue weighted by atomic mass is 32.2. The first kappa shape index (κ1) is 22.7. The van der Waals surface area contributed by atoms with Crippen LogP contribution in [0.15, 0.2) is 77.7 Å². The Kier molecular flexibility index (Phi) is 6.57. The average Bonchev–Trinajstić information content (AvgIpc) is 3.18. The maximum absolute atomic E-state index is 12.6. The van der Waals surface area contributed by atoms with Crippen LogP contribution in [0.25, 0.3) is 11.0 Å². The molecule has 170 valence electrons. The summed E-state index contributed by atoms with van der Waals surface area (Å²) < 4.78 is 31.4. The van der Waals surface area contributed by atoms with E-state index in [4.69, 9.17) is 9.88 Å². The summed E-state index contributed by atoms with van der Waals surface area (Å²) in [7, 11) is -3.81. The van der Waals surface area contributed by atoms with Gasteiger partial charge in [-0.15, -0.1) is 0 Å². The van der Waals surface area contributed by atoms with Crippen molar-refractivity contribution in [1.82, 2.24) is 9.55 Å². The lowest BCUT2D eigenvalue weighted by molar-refractivity contribution is 0.103. The number of imidazole rings is 1. The zero-order valence-electron chi connectivity index (χ0n) is 18.3. The molecule has 0 saturated heterocycles. The quantitative estimate of drug-likeness (QED) is 0.373. The second-order valence-electron chi connectivity index (χ2n) is 7.74. The largest absolute Gasteiger partial charge is 0.486 e. The fourth-order valence-electron chi connectivity index (χ4n) is 3.62. The molecular weight excluding hydrogens is 438 g/mol. The van der Waals surface area contributed by atoms with Gasteiger partial charge in [-0.2, -0.15) is 0 Å². The van der Waals surface area contributed by atoms with Gasteiger partial charge in [-0.05, 0) is 48.9 Å². The number of nitrogens with two attached hydrogens (primary N) is 1. The number of hydrogen-bond acceptors (Lipinski definition) is 5. The Morgan fingerprint density at radius 2 is 1.70 bits per heavy atom. The van der Waals surface area contributed by atoms with Crippen LogP contribution in [0.5, 0.6) is 5.75 Å². The van der Waals surface area contributed by atoms with Gasteiger partial charge in [-0.25, -0.2) is 18.5 Å². The fourth-order valence-corrected chi connectivity index (χ4v) is 4.15. The molecule has 0 bridgehead atoms. The molecule has 0 fully saturated rings. The lowest BCUT2D eigenvalue weighted by Gasteiger charge is -2.10. The number of primary sulfonamides is 1. The van der Waals surface area contributed by atoms with E-state index in [0.29, 0.717) is 28.2 Å². The van der Waals surface area contributed by atoms with Gasteiger partial charge in [-0.3, -0.25) is 4.79 Å². The number of hydrogen-bond donors (Lipinski definition) is 1. The van der Waals surface area contributed by atoms with Crippen molar-refractivity contribution in [2.75, 3.05) is 0 Å². The highest BCUT2D eigenvalue weighted by Crippen LogP contribution is 2.23. The summed E-state index contributed by atoms with van der Waals surface area (Å²) in [5, 5.41) is 5.27. The van der Waals surface area contributed by atoms with Gasteiger partial charge >= 0.3 is 0 Å². The zero-order chi connectivity index (χ0) is 23.4. The first-order valence-corrected chi connectivity index (χ1v) is 12.3. The molecule has 0 aliphatic carbocycles. The molecule has 0 amide bonds. The fraction of sp³-hybridized carbons (Fsp3) is 0.200. The van der Waals surface area contributed by atoms with Gasteiger partial charge in [0.1, 0.15) is 18.2 Å². The Morgan fingerprint density at radius 1 is 1.00 bits per heavy atom. The third kappa shape index (κ3) is 5.13. The highest BCUT2D eigenvalue weighted by Gasteiger charge is 2.15. The molecule has 0 unspecified atom stereocenters. The maximum atomic E-state index is 12.6. The molecule has 0 spiro atoms. The second-order valence-corrected chi connectivity index (χ2v) is 9.30. The first-order valence-electron chi connectivity index (χ1n) is 10.7. The van der Waals surface area contributed by atoms with E-state index in [9.17, 15) is 13.2 Å². The van der Waals surface area contributed by atoms with E-state index in [1.165, 1.54) is 12.1 Å². The average molecular weight is 464 g/mol. The molecule has 0 aliphatic rings. The number of aromatic nitrogens is 2. The van der Waals surface area contributed by atoms with Crippen LogP contribution in [0.3, 0.4) is 0 Å². The van der Waals surface area contributed by atoms with Gasteiger partial charge in [0.2, 0.25) is 10.0 Å². The minimum atomic E-state index is -3.81.